The first-order valence-electron chi connectivity index (χ1n) is 10.8. The van der Waals surface area contributed by atoms with Crippen LogP contribution >= 0.6 is 23.2 Å². The van der Waals surface area contributed by atoms with Gasteiger partial charge in [-0.05, 0) is 61.1 Å². The Bertz CT molecular complexity index is 1130. The molecule has 6 heteroatoms. The second-order valence-electron chi connectivity index (χ2n) is 8.73. The summed E-state index contributed by atoms with van der Waals surface area (Å²) in [6.07, 6.45) is 3.13. The molecule has 0 saturated carbocycles. The second-order valence-corrected chi connectivity index (χ2v) is 9.54. The van der Waals surface area contributed by atoms with Crippen LogP contribution in [-0.2, 0) is 5.41 Å². The zero-order valence-corrected chi connectivity index (χ0v) is 18.9. The van der Waals surface area contributed by atoms with Crippen molar-refractivity contribution in [3.63, 3.8) is 0 Å². The highest BCUT2D eigenvalue weighted by Crippen LogP contribution is 2.52. The molecule has 0 N–H and O–H groups in total. The number of aromatic nitrogens is 1. The fourth-order valence-electron chi connectivity index (χ4n) is 5.62. The minimum absolute atomic E-state index is 0.118. The number of fused-ring (bicyclic) bond motifs is 2. The van der Waals surface area contributed by atoms with E-state index in [4.69, 9.17) is 23.2 Å². The first-order valence-corrected chi connectivity index (χ1v) is 11.6. The number of hydrogen-bond donors (Lipinski definition) is 0. The SMILES string of the molecule is N#CC1(c2cccc(F)n2)CC2CCC(C1)N2C(c1ccccc1Cl)c1ccccc1Cl. The van der Waals surface area contributed by atoms with Gasteiger partial charge in [0.15, 0.2) is 0 Å². The lowest BCUT2D eigenvalue weighted by Gasteiger charge is -2.47. The number of benzene rings is 2. The van der Waals surface area contributed by atoms with E-state index in [1.54, 1.807) is 12.1 Å². The van der Waals surface area contributed by atoms with E-state index in [0.29, 0.717) is 28.6 Å². The Labute approximate surface area is 197 Å². The zero-order valence-electron chi connectivity index (χ0n) is 17.4. The molecule has 162 valence electrons. The summed E-state index contributed by atoms with van der Waals surface area (Å²) in [6.45, 7) is 0. The van der Waals surface area contributed by atoms with Crippen molar-refractivity contribution in [2.75, 3.05) is 0 Å². The molecule has 0 aliphatic carbocycles. The molecule has 2 aliphatic heterocycles. The number of hydrogen-bond acceptors (Lipinski definition) is 3. The molecule has 2 atom stereocenters. The molecule has 0 spiro atoms. The molecule has 5 rings (SSSR count). The Kier molecular flexibility index (Phi) is 5.67. The molecule has 2 saturated heterocycles. The van der Waals surface area contributed by atoms with Crippen molar-refractivity contribution in [3.05, 3.63) is 99.5 Å². The zero-order chi connectivity index (χ0) is 22.3. The van der Waals surface area contributed by atoms with Crippen molar-refractivity contribution in [2.45, 2.75) is 49.2 Å². The topological polar surface area (TPSA) is 39.9 Å². The monoisotopic (exact) mass is 465 g/mol. The van der Waals surface area contributed by atoms with Crippen molar-refractivity contribution in [3.8, 4) is 6.07 Å². The summed E-state index contributed by atoms with van der Waals surface area (Å²) in [5, 5.41) is 11.6. The third-order valence-corrected chi connectivity index (χ3v) is 7.65. The molecule has 2 unspecified atom stereocenters. The van der Waals surface area contributed by atoms with Crippen molar-refractivity contribution in [2.24, 2.45) is 0 Å². The summed E-state index contributed by atoms with van der Waals surface area (Å²) in [5.74, 6) is -0.545. The highest BCUT2D eigenvalue weighted by Gasteiger charge is 2.52. The van der Waals surface area contributed by atoms with Crippen LogP contribution in [0.5, 0.6) is 0 Å². The van der Waals surface area contributed by atoms with Gasteiger partial charge < -0.3 is 0 Å². The van der Waals surface area contributed by atoms with Gasteiger partial charge in [-0.1, -0.05) is 65.7 Å². The van der Waals surface area contributed by atoms with Gasteiger partial charge in [-0.2, -0.15) is 9.65 Å². The van der Waals surface area contributed by atoms with Gasteiger partial charge in [-0.15, -0.1) is 0 Å². The smallest absolute Gasteiger partial charge is 0.213 e. The van der Waals surface area contributed by atoms with Gasteiger partial charge in [0.2, 0.25) is 5.95 Å². The molecule has 3 nitrogen and oxygen atoms in total. The summed E-state index contributed by atoms with van der Waals surface area (Å²) in [7, 11) is 0. The maximum absolute atomic E-state index is 13.9. The Morgan fingerprint density at radius 2 is 1.47 bits per heavy atom. The van der Waals surface area contributed by atoms with Crippen molar-refractivity contribution >= 4 is 23.2 Å². The summed E-state index contributed by atoms with van der Waals surface area (Å²) in [5.41, 5.74) is 1.75. The molecule has 2 aliphatic rings. The van der Waals surface area contributed by atoms with Crippen LogP contribution < -0.4 is 0 Å². The van der Waals surface area contributed by atoms with E-state index in [2.05, 4.69) is 28.1 Å². The van der Waals surface area contributed by atoms with Crippen molar-refractivity contribution in [1.29, 1.82) is 5.26 Å². The van der Waals surface area contributed by atoms with Crippen LogP contribution in [0.2, 0.25) is 10.0 Å². The molecule has 2 fully saturated rings. The van der Waals surface area contributed by atoms with Gasteiger partial charge in [0.25, 0.3) is 0 Å². The fraction of sp³-hybridized carbons (Fsp3) is 0.308. The Morgan fingerprint density at radius 1 is 0.906 bits per heavy atom. The van der Waals surface area contributed by atoms with Crippen LogP contribution in [0, 0.1) is 17.3 Å². The molecular formula is C26H22Cl2FN3. The maximum atomic E-state index is 13.9. The van der Waals surface area contributed by atoms with Crippen LogP contribution in [0.15, 0.2) is 66.7 Å². The molecule has 2 bridgehead atoms. The van der Waals surface area contributed by atoms with Gasteiger partial charge >= 0.3 is 0 Å². The normalized spacial score (nSPS) is 25.1. The van der Waals surface area contributed by atoms with Crippen LogP contribution in [0.3, 0.4) is 0 Å². The third-order valence-electron chi connectivity index (χ3n) is 6.96. The van der Waals surface area contributed by atoms with E-state index >= 15 is 0 Å². The number of halogens is 3. The quantitative estimate of drug-likeness (QED) is 0.402. The second kappa shape index (κ2) is 8.48. The first-order chi connectivity index (χ1) is 15.5. The molecule has 0 amide bonds. The van der Waals surface area contributed by atoms with Crippen LogP contribution in [0.1, 0.15) is 48.5 Å². The van der Waals surface area contributed by atoms with E-state index < -0.39 is 11.4 Å². The third kappa shape index (κ3) is 3.59. The molecule has 3 aromatic rings. The van der Waals surface area contributed by atoms with Crippen molar-refractivity contribution < 1.29 is 4.39 Å². The minimum atomic E-state index is -0.796. The minimum Gasteiger partial charge on any atom is -0.286 e. The van der Waals surface area contributed by atoms with Crippen molar-refractivity contribution in [1.82, 2.24) is 9.88 Å². The average Bonchev–Trinajstić information content (AvgIpc) is 3.06. The molecule has 0 radical (unpaired) electrons. The van der Waals surface area contributed by atoms with E-state index in [0.717, 1.165) is 24.0 Å². The summed E-state index contributed by atoms with van der Waals surface area (Å²) in [6, 6.07) is 23.2. The summed E-state index contributed by atoms with van der Waals surface area (Å²) in [4.78, 5) is 6.58. The Balaban J connectivity index is 1.59. The standard InChI is InChI=1S/C26H22Cl2FN3/c27-21-8-3-1-6-19(21)25(20-7-2-4-9-22(20)28)32-17-12-13-18(32)15-26(14-17,16-30)23-10-5-11-24(29)31-23/h1-11,17-18,25H,12-15H2. The number of nitrogens with zero attached hydrogens (tertiary/aromatic N) is 3. The van der Waals surface area contributed by atoms with Crippen LogP contribution in [0.4, 0.5) is 4.39 Å². The predicted octanol–water partition coefficient (Wildman–Crippen LogP) is 6.71. The van der Waals surface area contributed by atoms with E-state index in [9.17, 15) is 9.65 Å². The Hall–Kier alpha value is -2.45. The average molecular weight is 466 g/mol. The summed E-state index contributed by atoms with van der Waals surface area (Å²) >= 11 is 13.4. The molecular weight excluding hydrogens is 444 g/mol. The highest BCUT2D eigenvalue weighted by molar-refractivity contribution is 6.32. The first kappa shape index (κ1) is 21.4. The maximum Gasteiger partial charge on any atom is 0.213 e. The number of piperidine rings is 1. The molecule has 2 aromatic carbocycles. The van der Waals surface area contributed by atoms with E-state index in [1.165, 1.54) is 6.07 Å². The molecule has 3 heterocycles. The Morgan fingerprint density at radius 3 is 1.97 bits per heavy atom. The van der Waals surface area contributed by atoms with Gasteiger partial charge in [0.1, 0.15) is 5.41 Å². The van der Waals surface area contributed by atoms with E-state index in [-0.39, 0.29) is 18.1 Å². The van der Waals surface area contributed by atoms with Gasteiger partial charge in [0.05, 0.1) is 17.8 Å². The molecule has 1 aromatic heterocycles. The number of pyridine rings is 1. The van der Waals surface area contributed by atoms with Gasteiger partial charge in [0, 0.05) is 22.1 Å². The lowest BCUT2D eigenvalue weighted by Crippen LogP contribution is -2.51. The summed E-state index contributed by atoms with van der Waals surface area (Å²) < 4.78 is 13.9. The highest BCUT2D eigenvalue weighted by atomic mass is 35.5. The lowest BCUT2D eigenvalue weighted by molar-refractivity contribution is 0.0738. The van der Waals surface area contributed by atoms with Crippen LogP contribution in [-0.4, -0.2) is 22.0 Å². The predicted molar refractivity (Wildman–Crippen MR) is 124 cm³/mol. The van der Waals surface area contributed by atoms with Crippen LogP contribution in [0.25, 0.3) is 0 Å². The van der Waals surface area contributed by atoms with E-state index in [1.807, 2.05) is 36.4 Å². The molecule has 32 heavy (non-hydrogen) atoms. The largest absolute Gasteiger partial charge is 0.286 e. The van der Waals surface area contributed by atoms with Gasteiger partial charge in [-0.25, -0.2) is 4.98 Å². The van der Waals surface area contributed by atoms with Gasteiger partial charge in [-0.3, -0.25) is 4.90 Å². The number of rotatable bonds is 4. The lowest BCUT2D eigenvalue weighted by atomic mass is 9.72. The fourth-order valence-corrected chi connectivity index (χ4v) is 6.10. The number of nitriles is 1.